The van der Waals surface area contributed by atoms with Crippen molar-refractivity contribution in [1.29, 1.82) is 0 Å². The van der Waals surface area contributed by atoms with Crippen LogP contribution in [-0.2, 0) is 4.74 Å². The molecular formula is C17H28ClNO2. The number of nitrogens with zero attached hydrogens (tertiary/aromatic N) is 1. The van der Waals surface area contributed by atoms with Crippen molar-refractivity contribution in [2.75, 3.05) is 26.2 Å². The summed E-state index contributed by atoms with van der Waals surface area (Å²) in [7, 11) is 0. The number of halogens is 1. The van der Waals surface area contributed by atoms with E-state index < -0.39 is 0 Å². The Morgan fingerprint density at radius 3 is 2.43 bits per heavy atom. The SMILES string of the molecule is CCC(OCC(O)CN1CCCCC1)c1ccccc1.Cl. The number of likely N-dealkylation sites (tertiary alicyclic amines) is 1. The monoisotopic (exact) mass is 313 g/mol. The first-order chi connectivity index (χ1) is 9.79. The van der Waals surface area contributed by atoms with Crippen LogP contribution in [-0.4, -0.2) is 42.4 Å². The molecule has 0 bridgehead atoms. The van der Waals surface area contributed by atoms with Crippen molar-refractivity contribution >= 4 is 12.4 Å². The molecule has 1 fully saturated rings. The van der Waals surface area contributed by atoms with Crippen molar-refractivity contribution in [3.05, 3.63) is 35.9 Å². The summed E-state index contributed by atoms with van der Waals surface area (Å²) in [6.07, 6.45) is 4.48. The van der Waals surface area contributed by atoms with Crippen LogP contribution in [0, 0.1) is 0 Å². The smallest absolute Gasteiger partial charge is 0.0900 e. The Balaban J connectivity index is 0.00000220. The highest BCUT2D eigenvalue weighted by molar-refractivity contribution is 5.85. The summed E-state index contributed by atoms with van der Waals surface area (Å²) in [5.41, 5.74) is 1.19. The van der Waals surface area contributed by atoms with Gasteiger partial charge in [-0.15, -0.1) is 12.4 Å². The van der Waals surface area contributed by atoms with Crippen molar-refractivity contribution in [3.8, 4) is 0 Å². The van der Waals surface area contributed by atoms with Crippen LogP contribution in [0.1, 0.15) is 44.3 Å². The first-order valence-electron chi connectivity index (χ1n) is 7.86. The van der Waals surface area contributed by atoms with Crippen LogP contribution in [0.3, 0.4) is 0 Å². The van der Waals surface area contributed by atoms with Gasteiger partial charge < -0.3 is 14.7 Å². The van der Waals surface area contributed by atoms with E-state index in [1.165, 1.54) is 24.8 Å². The molecule has 4 heteroatoms. The van der Waals surface area contributed by atoms with Crippen LogP contribution in [0.4, 0.5) is 0 Å². The van der Waals surface area contributed by atoms with Crippen molar-refractivity contribution in [3.63, 3.8) is 0 Å². The van der Waals surface area contributed by atoms with Crippen molar-refractivity contribution in [2.45, 2.75) is 44.8 Å². The minimum absolute atomic E-state index is 0. The predicted molar refractivity (Wildman–Crippen MR) is 89.0 cm³/mol. The van der Waals surface area contributed by atoms with E-state index in [1.54, 1.807) is 0 Å². The number of aliphatic hydroxyl groups excluding tert-OH is 1. The van der Waals surface area contributed by atoms with Crippen molar-refractivity contribution < 1.29 is 9.84 Å². The first kappa shape index (κ1) is 18.4. The Labute approximate surface area is 134 Å². The number of rotatable bonds is 7. The lowest BCUT2D eigenvalue weighted by Gasteiger charge is -2.29. The minimum atomic E-state index is -0.383. The molecule has 1 aliphatic rings. The Morgan fingerprint density at radius 1 is 1.14 bits per heavy atom. The molecule has 3 nitrogen and oxygen atoms in total. The lowest BCUT2D eigenvalue weighted by atomic mass is 10.1. The third-order valence-corrected chi connectivity index (χ3v) is 3.95. The number of hydrogen-bond acceptors (Lipinski definition) is 3. The first-order valence-corrected chi connectivity index (χ1v) is 7.86. The Hall–Kier alpha value is -0.610. The quantitative estimate of drug-likeness (QED) is 0.837. The second kappa shape index (κ2) is 10.2. The molecule has 0 radical (unpaired) electrons. The number of aliphatic hydroxyl groups is 1. The molecule has 120 valence electrons. The molecule has 0 aromatic heterocycles. The van der Waals surface area contributed by atoms with Gasteiger partial charge in [-0.3, -0.25) is 0 Å². The maximum absolute atomic E-state index is 10.1. The molecule has 1 aliphatic heterocycles. The van der Waals surface area contributed by atoms with Crippen LogP contribution in [0.25, 0.3) is 0 Å². The second-order valence-corrected chi connectivity index (χ2v) is 5.66. The summed E-state index contributed by atoms with van der Waals surface area (Å²) in [6, 6.07) is 10.3. The Morgan fingerprint density at radius 2 is 1.81 bits per heavy atom. The van der Waals surface area contributed by atoms with Gasteiger partial charge in [0.15, 0.2) is 0 Å². The maximum Gasteiger partial charge on any atom is 0.0900 e. The van der Waals surface area contributed by atoms with E-state index >= 15 is 0 Å². The Kier molecular flexibility index (Phi) is 8.93. The fourth-order valence-electron chi connectivity index (χ4n) is 2.84. The Bertz CT molecular complexity index is 368. The lowest BCUT2D eigenvalue weighted by Crippen LogP contribution is -2.38. The molecule has 0 aliphatic carbocycles. The molecule has 2 atom stereocenters. The average Bonchev–Trinajstić information content (AvgIpc) is 2.50. The summed E-state index contributed by atoms with van der Waals surface area (Å²) in [6.45, 7) is 5.52. The predicted octanol–water partition coefficient (Wildman–Crippen LogP) is 3.42. The topological polar surface area (TPSA) is 32.7 Å². The van der Waals surface area contributed by atoms with Gasteiger partial charge in [-0.1, -0.05) is 43.7 Å². The van der Waals surface area contributed by atoms with E-state index in [4.69, 9.17) is 4.74 Å². The summed E-state index contributed by atoms with van der Waals surface area (Å²) in [4.78, 5) is 2.35. The molecule has 2 rings (SSSR count). The second-order valence-electron chi connectivity index (χ2n) is 5.66. The highest BCUT2D eigenvalue weighted by Gasteiger charge is 2.16. The highest BCUT2D eigenvalue weighted by atomic mass is 35.5. The molecule has 0 saturated carbocycles. The fourth-order valence-corrected chi connectivity index (χ4v) is 2.84. The van der Waals surface area contributed by atoms with Gasteiger partial charge in [-0.05, 0) is 37.9 Å². The number of hydrogen-bond donors (Lipinski definition) is 1. The molecule has 0 amide bonds. The number of benzene rings is 1. The lowest BCUT2D eigenvalue weighted by molar-refractivity contribution is -0.0252. The minimum Gasteiger partial charge on any atom is -0.389 e. The van der Waals surface area contributed by atoms with Gasteiger partial charge in [-0.2, -0.15) is 0 Å². The van der Waals surface area contributed by atoms with E-state index in [-0.39, 0.29) is 24.6 Å². The molecule has 21 heavy (non-hydrogen) atoms. The molecular weight excluding hydrogens is 286 g/mol. The summed E-state index contributed by atoms with van der Waals surface area (Å²) < 4.78 is 5.90. The van der Waals surface area contributed by atoms with Crippen LogP contribution < -0.4 is 0 Å². The summed E-state index contributed by atoms with van der Waals surface area (Å²) in [5.74, 6) is 0. The van der Waals surface area contributed by atoms with Gasteiger partial charge in [-0.25, -0.2) is 0 Å². The van der Waals surface area contributed by atoms with Crippen LogP contribution >= 0.6 is 12.4 Å². The van der Waals surface area contributed by atoms with E-state index in [0.717, 1.165) is 26.1 Å². The largest absolute Gasteiger partial charge is 0.389 e. The third kappa shape index (κ3) is 6.35. The van der Waals surface area contributed by atoms with E-state index in [1.807, 2.05) is 18.2 Å². The molecule has 1 aromatic rings. The van der Waals surface area contributed by atoms with E-state index in [2.05, 4.69) is 24.0 Å². The third-order valence-electron chi connectivity index (χ3n) is 3.95. The standard InChI is InChI=1S/C17H27NO2.ClH/c1-2-17(15-9-5-3-6-10-15)20-14-16(19)13-18-11-7-4-8-12-18;/h3,5-6,9-10,16-17,19H,2,4,7-8,11-14H2,1H3;1H. The molecule has 0 spiro atoms. The van der Waals surface area contributed by atoms with E-state index in [9.17, 15) is 5.11 Å². The van der Waals surface area contributed by atoms with Gasteiger partial charge in [0.25, 0.3) is 0 Å². The van der Waals surface area contributed by atoms with Crippen molar-refractivity contribution in [1.82, 2.24) is 4.90 Å². The molecule has 1 aromatic carbocycles. The number of β-amino-alcohol motifs (C(OH)–C–C–N with tert-alkyl or cyclic N) is 1. The average molecular weight is 314 g/mol. The summed E-state index contributed by atoms with van der Waals surface area (Å²) >= 11 is 0. The van der Waals surface area contributed by atoms with Gasteiger partial charge in [0.05, 0.1) is 18.8 Å². The molecule has 2 unspecified atom stereocenters. The fraction of sp³-hybridized carbons (Fsp3) is 0.647. The van der Waals surface area contributed by atoms with E-state index in [0.29, 0.717) is 6.61 Å². The molecule has 1 heterocycles. The maximum atomic E-state index is 10.1. The van der Waals surface area contributed by atoms with Crippen molar-refractivity contribution in [2.24, 2.45) is 0 Å². The zero-order chi connectivity index (χ0) is 14.2. The van der Waals surface area contributed by atoms with Crippen LogP contribution in [0.5, 0.6) is 0 Å². The van der Waals surface area contributed by atoms with Crippen LogP contribution in [0.15, 0.2) is 30.3 Å². The summed E-state index contributed by atoms with van der Waals surface area (Å²) in [5, 5.41) is 10.1. The van der Waals surface area contributed by atoms with Crippen LogP contribution in [0.2, 0.25) is 0 Å². The van der Waals surface area contributed by atoms with Gasteiger partial charge >= 0.3 is 0 Å². The number of piperidine rings is 1. The van der Waals surface area contributed by atoms with Gasteiger partial charge in [0, 0.05) is 6.54 Å². The molecule has 1 saturated heterocycles. The van der Waals surface area contributed by atoms with Gasteiger partial charge in [0.2, 0.25) is 0 Å². The van der Waals surface area contributed by atoms with Gasteiger partial charge in [0.1, 0.15) is 0 Å². The zero-order valence-corrected chi connectivity index (χ0v) is 13.7. The highest BCUT2D eigenvalue weighted by Crippen LogP contribution is 2.20. The molecule has 1 N–H and O–H groups in total. The normalized spacial score (nSPS) is 18.8. The number of ether oxygens (including phenoxy) is 1. The zero-order valence-electron chi connectivity index (χ0n) is 12.9.